The molecule has 0 saturated heterocycles. The summed E-state index contributed by atoms with van der Waals surface area (Å²) in [6.45, 7) is 2.18. The molecular weight excluding hydrogens is 252 g/mol. The van der Waals surface area contributed by atoms with E-state index in [4.69, 9.17) is 14.6 Å². The van der Waals surface area contributed by atoms with Crippen LogP contribution in [0.1, 0.15) is 17.3 Å². The lowest BCUT2D eigenvalue weighted by atomic mass is 10.2. The van der Waals surface area contributed by atoms with Gasteiger partial charge in [-0.15, -0.1) is 0 Å². The van der Waals surface area contributed by atoms with Gasteiger partial charge in [0.2, 0.25) is 5.88 Å². The number of amides is 1. The third kappa shape index (κ3) is 5.35. The zero-order valence-corrected chi connectivity index (χ0v) is 10.6. The van der Waals surface area contributed by atoms with Crippen molar-refractivity contribution in [1.82, 2.24) is 10.3 Å². The molecule has 0 aromatic carbocycles. The second-order valence-electron chi connectivity index (χ2n) is 3.49. The summed E-state index contributed by atoms with van der Waals surface area (Å²) >= 11 is 0. The molecule has 7 nitrogen and oxygen atoms in total. The fourth-order valence-electron chi connectivity index (χ4n) is 1.31. The molecule has 0 saturated carbocycles. The van der Waals surface area contributed by atoms with Gasteiger partial charge in [0.15, 0.2) is 0 Å². The lowest BCUT2D eigenvalue weighted by Crippen LogP contribution is -2.28. The minimum atomic E-state index is -1.04. The van der Waals surface area contributed by atoms with Crippen molar-refractivity contribution >= 4 is 11.9 Å². The zero-order chi connectivity index (χ0) is 14.1. The minimum Gasteiger partial charge on any atom is -0.480 e. The number of hydrogen-bond acceptors (Lipinski definition) is 5. The number of nitrogens with one attached hydrogen (secondary N) is 1. The maximum Gasteiger partial charge on any atom is 0.329 e. The van der Waals surface area contributed by atoms with Crippen LogP contribution in [0.15, 0.2) is 18.3 Å². The van der Waals surface area contributed by atoms with Gasteiger partial charge in [0.05, 0.1) is 13.2 Å². The molecule has 19 heavy (non-hydrogen) atoms. The van der Waals surface area contributed by atoms with E-state index in [1.54, 1.807) is 19.1 Å². The van der Waals surface area contributed by atoms with Crippen molar-refractivity contribution in [2.45, 2.75) is 6.92 Å². The first-order valence-electron chi connectivity index (χ1n) is 5.80. The van der Waals surface area contributed by atoms with Crippen LogP contribution in [0, 0.1) is 0 Å². The van der Waals surface area contributed by atoms with E-state index in [1.807, 2.05) is 0 Å². The summed E-state index contributed by atoms with van der Waals surface area (Å²) < 4.78 is 10.0. The molecule has 1 rings (SSSR count). The first-order chi connectivity index (χ1) is 9.15. The van der Waals surface area contributed by atoms with Crippen molar-refractivity contribution in [2.24, 2.45) is 0 Å². The molecule has 1 aromatic heterocycles. The summed E-state index contributed by atoms with van der Waals surface area (Å²) in [7, 11) is 0. The number of carboxylic acid groups (broad SMARTS) is 1. The number of nitrogens with zero attached hydrogens (tertiary/aromatic N) is 1. The van der Waals surface area contributed by atoms with E-state index in [2.05, 4.69) is 10.3 Å². The Hall–Kier alpha value is -2.15. The Kier molecular flexibility index (Phi) is 6.31. The highest BCUT2D eigenvalue weighted by molar-refractivity contribution is 5.96. The number of carbonyl (C=O) groups is 2. The highest BCUT2D eigenvalue weighted by Gasteiger charge is 2.12. The maximum atomic E-state index is 11.8. The molecule has 0 spiro atoms. The molecule has 2 N–H and O–H groups in total. The van der Waals surface area contributed by atoms with Crippen LogP contribution in [0.5, 0.6) is 5.88 Å². The van der Waals surface area contributed by atoms with Gasteiger partial charge in [-0.1, -0.05) is 0 Å². The number of aliphatic carboxylic acids is 1. The molecule has 0 aliphatic heterocycles. The molecule has 0 unspecified atom stereocenters. The number of ether oxygens (including phenoxy) is 2. The third-order valence-corrected chi connectivity index (χ3v) is 2.05. The summed E-state index contributed by atoms with van der Waals surface area (Å²) in [6.07, 6.45) is 1.54. The van der Waals surface area contributed by atoms with Crippen LogP contribution in [0.25, 0.3) is 0 Å². The summed E-state index contributed by atoms with van der Waals surface area (Å²) in [6, 6.07) is 3.24. The highest BCUT2D eigenvalue weighted by Crippen LogP contribution is 2.13. The molecule has 1 amide bonds. The molecule has 0 radical (unpaired) electrons. The second kappa shape index (κ2) is 8.04. The van der Waals surface area contributed by atoms with E-state index in [0.717, 1.165) is 0 Å². The molecule has 0 bridgehead atoms. The fourth-order valence-corrected chi connectivity index (χ4v) is 1.31. The van der Waals surface area contributed by atoms with Crippen molar-refractivity contribution < 1.29 is 24.2 Å². The van der Waals surface area contributed by atoms with Crippen LogP contribution in [-0.4, -0.2) is 48.3 Å². The number of carboxylic acids is 1. The van der Waals surface area contributed by atoms with Crippen molar-refractivity contribution in [3.05, 3.63) is 23.9 Å². The Bertz CT molecular complexity index is 436. The van der Waals surface area contributed by atoms with Crippen LogP contribution in [-0.2, 0) is 9.53 Å². The maximum absolute atomic E-state index is 11.8. The van der Waals surface area contributed by atoms with E-state index in [0.29, 0.717) is 12.2 Å². The van der Waals surface area contributed by atoms with E-state index < -0.39 is 5.97 Å². The van der Waals surface area contributed by atoms with Crippen molar-refractivity contribution in [3.63, 3.8) is 0 Å². The SMILES string of the molecule is CCOc1ncccc1C(=O)NCCOCC(=O)O. The van der Waals surface area contributed by atoms with E-state index in [-0.39, 0.29) is 31.5 Å². The first kappa shape index (κ1) is 14.9. The third-order valence-electron chi connectivity index (χ3n) is 2.05. The van der Waals surface area contributed by atoms with Gasteiger partial charge in [-0.05, 0) is 19.1 Å². The van der Waals surface area contributed by atoms with E-state index >= 15 is 0 Å². The van der Waals surface area contributed by atoms with E-state index in [1.165, 1.54) is 6.20 Å². The number of hydrogen-bond donors (Lipinski definition) is 2. The largest absolute Gasteiger partial charge is 0.480 e. The summed E-state index contributed by atoms with van der Waals surface area (Å²) in [5, 5.41) is 11.0. The quantitative estimate of drug-likeness (QED) is 0.658. The molecule has 0 aliphatic rings. The molecule has 0 fully saturated rings. The molecule has 1 heterocycles. The van der Waals surface area contributed by atoms with Crippen molar-refractivity contribution in [3.8, 4) is 5.88 Å². The van der Waals surface area contributed by atoms with Gasteiger partial charge >= 0.3 is 5.97 Å². The van der Waals surface area contributed by atoms with Gasteiger partial charge in [0.25, 0.3) is 5.91 Å². The predicted octanol–water partition coefficient (Wildman–Crippen LogP) is 0.311. The smallest absolute Gasteiger partial charge is 0.329 e. The van der Waals surface area contributed by atoms with Gasteiger partial charge in [0.1, 0.15) is 12.2 Å². The average molecular weight is 268 g/mol. The number of carbonyl (C=O) groups excluding carboxylic acids is 1. The molecule has 7 heteroatoms. The number of pyridine rings is 1. The standard InChI is InChI=1S/C12H16N2O5/c1-2-19-12-9(4-3-5-14-12)11(17)13-6-7-18-8-10(15)16/h3-5H,2,6-8H2,1H3,(H,13,17)(H,15,16). The Morgan fingerprint density at radius 2 is 2.26 bits per heavy atom. The van der Waals surface area contributed by atoms with Gasteiger partial charge in [-0.2, -0.15) is 0 Å². The Labute approximate surface area is 110 Å². The van der Waals surface area contributed by atoms with Crippen LogP contribution in [0.4, 0.5) is 0 Å². The molecule has 1 aromatic rings. The van der Waals surface area contributed by atoms with Gasteiger partial charge in [-0.25, -0.2) is 9.78 Å². The van der Waals surface area contributed by atoms with Crippen LogP contribution in [0.2, 0.25) is 0 Å². The van der Waals surface area contributed by atoms with Crippen LogP contribution in [0.3, 0.4) is 0 Å². The summed E-state index contributed by atoms with van der Waals surface area (Å²) in [5.74, 6) is -1.11. The van der Waals surface area contributed by atoms with Gasteiger partial charge in [-0.3, -0.25) is 4.79 Å². The summed E-state index contributed by atoms with van der Waals surface area (Å²) in [4.78, 5) is 26.0. The molecular formula is C12H16N2O5. The van der Waals surface area contributed by atoms with Crippen molar-refractivity contribution in [1.29, 1.82) is 0 Å². The normalized spacial score (nSPS) is 9.95. The Balaban J connectivity index is 2.43. The summed E-state index contributed by atoms with van der Waals surface area (Å²) in [5.41, 5.74) is 0.336. The van der Waals surface area contributed by atoms with E-state index in [9.17, 15) is 9.59 Å². The fraction of sp³-hybridized carbons (Fsp3) is 0.417. The lowest BCUT2D eigenvalue weighted by molar-refractivity contribution is -0.142. The zero-order valence-electron chi connectivity index (χ0n) is 10.6. The number of rotatable bonds is 8. The predicted molar refractivity (Wildman–Crippen MR) is 66.2 cm³/mol. The second-order valence-corrected chi connectivity index (χ2v) is 3.49. The molecule has 0 atom stereocenters. The topological polar surface area (TPSA) is 97.8 Å². The highest BCUT2D eigenvalue weighted by atomic mass is 16.5. The average Bonchev–Trinajstić information content (AvgIpc) is 2.39. The monoisotopic (exact) mass is 268 g/mol. The van der Waals surface area contributed by atoms with Gasteiger partial charge in [0, 0.05) is 12.7 Å². The molecule has 0 aliphatic carbocycles. The molecule has 104 valence electrons. The first-order valence-corrected chi connectivity index (χ1v) is 5.80. The Morgan fingerprint density at radius 1 is 1.47 bits per heavy atom. The van der Waals surface area contributed by atoms with Crippen LogP contribution < -0.4 is 10.1 Å². The minimum absolute atomic E-state index is 0.127. The van der Waals surface area contributed by atoms with Gasteiger partial charge < -0.3 is 19.9 Å². The lowest BCUT2D eigenvalue weighted by Gasteiger charge is -2.09. The van der Waals surface area contributed by atoms with Crippen LogP contribution >= 0.6 is 0 Å². The Morgan fingerprint density at radius 3 is 2.95 bits per heavy atom. The van der Waals surface area contributed by atoms with Crippen molar-refractivity contribution in [2.75, 3.05) is 26.4 Å². The number of aromatic nitrogens is 1.